The van der Waals surface area contributed by atoms with Crippen LogP contribution in [0.2, 0.25) is 15.1 Å². The first-order valence-electron chi connectivity index (χ1n) is 10.2. The van der Waals surface area contributed by atoms with Crippen LogP contribution in [-0.4, -0.2) is 35.2 Å². The maximum Gasteiger partial charge on any atom is 0.276 e. The van der Waals surface area contributed by atoms with Gasteiger partial charge in [-0.2, -0.15) is 15.3 Å². The van der Waals surface area contributed by atoms with Gasteiger partial charge in [-0.25, -0.2) is 4.68 Å². The molecule has 0 aliphatic heterocycles. The zero-order valence-electron chi connectivity index (χ0n) is 18.5. The number of nitrogens with zero attached hydrogens (tertiary/aromatic N) is 6. The molecule has 0 spiro atoms. The van der Waals surface area contributed by atoms with E-state index in [0.29, 0.717) is 39.7 Å². The molecule has 4 rings (SSSR count). The topological polar surface area (TPSA) is 82.6 Å². The van der Waals surface area contributed by atoms with E-state index in [-0.39, 0.29) is 11.6 Å². The summed E-state index contributed by atoms with van der Waals surface area (Å²) in [5.74, 6) is -0.324. The molecule has 1 N–H and O–H groups in total. The molecule has 4 aromatic rings. The highest BCUT2D eigenvalue weighted by Crippen LogP contribution is 2.25. The fourth-order valence-corrected chi connectivity index (χ4v) is 4.14. The first-order chi connectivity index (χ1) is 15.6. The van der Waals surface area contributed by atoms with Gasteiger partial charge in [0.15, 0.2) is 5.69 Å². The van der Waals surface area contributed by atoms with Crippen molar-refractivity contribution in [1.82, 2.24) is 29.3 Å². The van der Waals surface area contributed by atoms with Crippen molar-refractivity contribution in [2.45, 2.75) is 40.9 Å². The van der Waals surface area contributed by atoms with Gasteiger partial charge in [-0.15, -0.1) is 0 Å². The fourth-order valence-electron chi connectivity index (χ4n) is 3.53. The normalized spacial score (nSPS) is 11.2. The van der Waals surface area contributed by atoms with E-state index in [2.05, 4.69) is 20.6 Å². The van der Waals surface area contributed by atoms with Gasteiger partial charge in [0.2, 0.25) is 0 Å². The van der Waals surface area contributed by atoms with E-state index in [1.807, 2.05) is 33.8 Å². The van der Waals surface area contributed by atoms with Crippen LogP contribution < -0.4 is 5.32 Å². The molecule has 0 atom stereocenters. The highest BCUT2D eigenvalue weighted by atomic mass is 35.5. The molecule has 0 bridgehead atoms. The predicted octanol–water partition coefficient (Wildman–Crippen LogP) is 5.28. The van der Waals surface area contributed by atoms with E-state index in [9.17, 15) is 4.79 Å². The molecule has 8 nitrogen and oxygen atoms in total. The molecule has 0 radical (unpaired) electrons. The Morgan fingerprint density at radius 1 is 0.939 bits per heavy atom. The summed E-state index contributed by atoms with van der Waals surface area (Å²) in [6, 6.07) is 7.00. The van der Waals surface area contributed by atoms with E-state index in [0.717, 1.165) is 22.6 Å². The molecule has 0 aliphatic carbocycles. The molecule has 33 heavy (non-hydrogen) atoms. The van der Waals surface area contributed by atoms with Gasteiger partial charge >= 0.3 is 0 Å². The molecule has 0 aliphatic rings. The summed E-state index contributed by atoms with van der Waals surface area (Å²) in [5.41, 5.74) is 4.91. The van der Waals surface area contributed by atoms with Gasteiger partial charge < -0.3 is 5.32 Å². The summed E-state index contributed by atoms with van der Waals surface area (Å²) >= 11 is 18.5. The van der Waals surface area contributed by atoms with Gasteiger partial charge in [0.05, 0.1) is 40.0 Å². The SMILES string of the molecule is Cc1nn(Cn2ccc(C(=O)Nc3c(C)nn(Cc4ccc(Cl)cc4Cl)c3C)n2)c(C)c1Cl. The lowest BCUT2D eigenvalue weighted by Gasteiger charge is -2.08. The number of hydrogen-bond acceptors (Lipinski definition) is 4. The van der Waals surface area contributed by atoms with Crippen molar-refractivity contribution >= 4 is 46.4 Å². The highest BCUT2D eigenvalue weighted by Gasteiger charge is 2.18. The van der Waals surface area contributed by atoms with E-state index >= 15 is 0 Å². The van der Waals surface area contributed by atoms with Crippen LogP contribution in [0.1, 0.15) is 38.8 Å². The molecule has 3 aromatic heterocycles. The monoisotopic (exact) mass is 505 g/mol. The molecular formula is C22H22Cl3N7O. The summed E-state index contributed by atoms with van der Waals surface area (Å²) in [6.45, 7) is 8.28. The highest BCUT2D eigenvalue weighted by molar-refractivity contribution is 6.35. The standard InChI is InChI=1S/C22H22Cl3N7O/c1-12-20(25)14(3)32(27-12)11-30-8-7-19(29-30)22(33)26-21-13(2)28-31(15(21)4)10-16-5-6-17(23)9-18(16)24/h5-9H,10-11H2,1-4H3,(H,26,33). The summed E-state index contributed by atoms with van der Waals surface area (Å²) < 4.78 is 5.17. The fraction of sp³-hybridized carbons (Fsp3) is 0.273. The van der Waals surface area contributed by atoms with Crippen LogP contribution in [0.25, 0.3) is 0 Å². The molecular weight excluding hydrogens is 485 g/mol. The Kier molecular flexibility index (Phi) is 6.52. The molecule has 172 valence electrons. The van der Waals surface area contributed by atoms with Gasteiger partial charge in [0, 0.05) is 16.2 Å². The second-order valence-electron chi connectivity index (χ2n) is 7.76. The minimum absolute atomic E-state index is 0.287. The average Bonchev–Trinajstić information content (AvgIpc) is 3.40. The quantitative estimate of drug-likeness (QED) is 0.386. The lowest BCUT2D eigenvalue weighted by molar-refractivity contribution is 0.102. The maximum atomic E-state index is 12.9. The largest absolute Gasteiger partial charge is 0.317 e. The molecule has 11 heteroatoms. The van der Waals surface area contributed by atoms with Crippen molar-refractivity contribution in [3.63, 3.8) is 0 Å². The van der Waals surface area contributed by atoms with E-state index < -0.39 is 0 Å². The van der Waals surface area contributed by atoms with Gasteiger partial charge in [-0.05, 0) is 51.5 Å². The minimum atomic E-state index is -0.324. The summed E-state index contributed by atoms with van der Waals surface area (Å²) in [7, 11) is 0. The third kappa shape index (κ3) is 4.78. The van der Waals surface area contributed by atoms with Crippen LogP contribution in [0.4, 0.5) is 5.69 Å². The van der Waals surface area contributed by atoms with Crippen molar-refractivity contribution in [3.05, 3.63) is 79.6 Å². The average molecular weight is 507 g/mol. The van der Waals surface area contributed by atoms with Crippen molar-refractivity contribution < 1.29 is 4.79 Å². The number of hydrogen-bond donors (Lipinski definition) is 1. The van der Waals surface area contributed by atoms with Crippen LogP contribution in [-0.2, 0) is 13.2 Å². The lowest BCUT2D eigenvalue weighted by Crippen LogP contribution is -2.16. The summed E-state index contributed by atoms with van der Waals surface area (Å²) in [4.78, 5) is 12.9. The molecule has 1 amide bonds. The molecule has 0 saturated heterocycles. The predicted molar refractivity (Wildman–Crippen MR) is 130 cm³/mol. The van der Waals surface area contributed by atoms with Crippen molar-refractivity contribution in [2.75, 3.05) is 5.32 Å². The smallest absolute Gasteiger partial charge is 0.276 e. The number of rotatable bonds is 6. The number of amides is 1. The van der Waals surface area contributed by atoms with E-state index in [4.69, 9.17) is 34.8 Å². The molecule has 1 aromatic carbocycles. The number of aryl methyl sites for hydroxylation is 2. The van der Waals surface area contributed by atoms with Crippen LogP contribution in [0.15, 0.2) is 30.5 Å². The Balaban J connectivity index is 1.49. The van der Waals surface area contributed by atoms with Crippen LogP contribution in [0, 0.1) is 27.7 Å². The Morgan fingerprint density at radius 2 is 1.67 bits per heavy atom. The molecule has 0 unspecified atom stereocenters. The zero-order chi connectivity index (χ0) is 23.9. The Labute approximate surface area is 206 Å². The van der Waals surface area contributed by atoms with Crippen molar-refractivity contribution in [1.29, 1.82) is 0 Å². The number of benzene rings is 1. The number of carbonyl (C=O) groups excluding carboxylic acids is 1. The third-order valence-corrected chi connectivity index (χ3v) is 6.53. The second kappa shape index (κ2) is 9.21. The van der Waals surface area contributed by atoms with E-state index in [1.54, 1.807) is 38.4 Å². The Hall–Kier alpha value is -2.81. The van der Waals surface area contributed by atoms with Gasteiger partial charge in [0.25, 0.3) is 5.91 Å². The number of aromatic nitrogens is 6. The first kappa shape index (κ1) is 23.4. The lowest BCUT2D eigenvalue weighted by atomic mass is 10.2. The third-order valence-electron chi connectivity index (χ3n) is 5.40. The van der Waals surface area contributed by atoms with Crippen LogP contribution >= 0.6 is 34.8 Å². The molecule has 0 fully saturated rings. The minimum Gasteiger partial charge on any atom is -0.317 e. The molecule has 0 saturated carbocycles. The Morgan fingerprint density at radius 3 is 2.33 bits per heavy atom. The number of halogens is 3. The Bertz CT molecular complexity index is 1350. The summed E-state index contributed by atoms with van der Waals surface area (Å²) in [5, 5.41) is 18.0. The number of carbonyl (C=O) groups is 1. The zero-order valence-corrected chi connectivity index (χ0v) is 20.8. The van der Waals surface area contributed by atoms with Gasteiger partial charge in [-0.3, -0.25) is 14.2 Å². The van der Waals surface area contributed by atoms with E-state index in [1.165, 1.54) is 0 Å². The van der Waals surface area contributed by atoms with Crippen LogP contribution in [0.3, 0.4) is 0 Å². The molecule has 3 heterocycles. The van der Waals surface area contributed by atoms with Crippen LogP contribution in [0.5, 0.6) is 0 Å². The van der Waals surface area contributed by atoms with Gasteiger partial charge in [0.1, 0.15) is 6.67 Å². The second-order valence-corrected chi connectivity index (χ2v) is 8.98. The maximum absolute atomic E-state index is 12.9. The number of anilines is 1. The summed E-state index contributed by atoms with van der Waals surface area (Å²) in [6.07, 6.45) is 1.73. The number of nitrogens with one attached hydrogen (secondary N) is 1. The van der Waals surface area contributed by atoms with Crippen molar-refractivity contribution in [3.8, 4) is 0 Å². The van der Waals surface area contributed by atoms with Crippen molar-refractivity contribution in [2.24, 2.45) is 0 Å². The van der Waals surface area contributed by atoms with Gasteiger partial charge in [-0.1, -0.05) is 40.9 Å². The first-order valence-corrected chi connectivity index (χ1v) is 11.3.